The Morgan fingerprint density at radius 1 is 1.40 bits per heavy atom. The molecule has 2 rings (SSSR count). The summed E-state index contributed by atoms with van der Waals surface area (Å²) in [5.74, 6) is 0.988. The van der Waals surface area contributed by atoms with E-state index in [1.54, 1.807) is 19.9 Å². The Morgan fingerprint density at radius 3 is 2.65 bits per heavy atom. The smallest absolute Gasteiger partial charge is 0.243 e. The molecule has 6 nitrogen and oxygen atoms in total. The van der Waals surface area contributed by atoms with Crippen molar-refractivity contribution in [1.82, 2.24) is 9.71 Å². The Balaban J connectivity index is 2.19. The van der Waals surface area contributed by atoms with Crippen LogP contribution in [0.15, 0.2) is 32.0 Å². The first-order valence-electron chi connectivity index (χ1n) is 5.77. The first-order chi connectivity index (χ1) is 9.29. The van der Waals surface area contributed by atoms with E-state index in [1.807, 2.05) is 0 Å². The van der Waals surface area contributed by atoms with Gasteiger partial charge in [0.2, 0.25) is 15.9 Å². The number of hydrogen-bond acceptors (Lipinski definition) is 5. The van der Waals surface area contributed by atoms with Crippen LogP contribution >= 0.6 is 15.9 Å². The highest BCUT2D eigenvalue weighted by molar-refractivity contribution is 9.10. The van der Waals surface area contributed by atoms with E-state index in [0.29, 0.717) is 16.1 Å². The number of nitrogens with one attached hydrogen (secondary N) is 1. The minimum absolute atomic E-state index is 0.0213. The molecule has 0 unspecified atom stereocenters. The summed E-state index contributed by atoms with van der Waals surface area (Å²) in [6, 6.07) is 4.59. The molecule has 0 fully saturated rings. The summed E-state index contributed by atoms with van der Waals surface area (Å²) in [7, 11) is -3.71. The predicted molar refractivity (Wildman–Crippen MR) is 78.6 cm³/mol. The van der Waals surface area contributed by atoms with Gasteiger partial charge in [-0.3, -0.25) is 0 Å². The van der Waals surface area contributed by atoms with Crippen LogP contribution in [-0.2, 0) is 16.6 Å². The number of nitrogens with two attached hydrogens (primary N) is 1. The van der Waals surface area contributed by atoms with E-state index >= 15 is 0 Å². The van der Waals surface area contributed by atoms with E-state index in [2.05, 4.69) is 25.6 Å². The van der Waals surface area contributed by atoms with Crippen LogP contribution in [0.3, 0.4) is 0 Å². The van der Waals surface area contributed by atoms with Crippen molar-refractivity contribution in [2.75, 3.05) is 5.73 Å². The number of nitrogen functional groups attached to an aromatic ring is 1. The van der Waals surface area contributed by atoms with Gasteiger partial charge in [0, 0.05) is 4.47 Å². The highest BCUT2D eigenvalue weighted by Gasteiger charge is 2.18. The number of anilines is 1. The molecule has 108 valence electrons. The third kappa shape index (κ3) is 3.20. The Morgan fingerprint density at radius 2 is 2.10 bits per heavy atom. The summed E-state index contributed by atoms with van der Waals surface area (Å²) in [6.07, 6.45) is 0. The molecule has 1 aromatic carbocycles. The van der Waals surface area contributed by atoms with Gasteiger partial charge in [-0.2, -0.15) is 0 Å². The molecule has 8 heteroatoms. The van der Waals surface area contributed by atoms with E-state index in [-0.39, 0.29) is 17.1 Å². The molecule has 0 aliphatic rings. The molecule has 0 amide bonds. The third-order valence-corrected chi connectivity index (χ3v) is 4.72. The molecule has 1 heterocycles. The molecule has 0 radical (unpaired) electrons. The molecule has 0 aliphatic heterocycles. The van der Waals surface area contributed by atoms with Crippen molar-refractivity contribution in [2.45, 2.75) is 25.3 Å². The third-order valence-electron chi connectivity index (χ3n) is 2.75. The second-order valence-electron chi connectivity index (χ2n) is 4.26. The predicted octanol–water partition coefficient (Wildman–Crippen LogP) is 2.11. The van der Waals surface area contributed by atoms with Gasteiger partial charge in [-0.1, -0.05) is 15.9 Å². The Hall–Kier alpha value is -1.38. The maximum absolute atomic E-state index is 12.2. The molecule has 0 aliphatic carbocycles. The highest BCUT2D eigenvalue weighted by atomic mass is 79.9. The minimum atomic E-state index is -3.71. The van der Waals surface area contributed by atoms with Gasteiger partial charge in [-0.05, 0) is 32.0 Å². The van der Waals surface area contributed by atoms with E-state index in [1.165, 1.54) is 12.1 Å². The van der Waals surface area contributed by atoms with Gasteiger partial charge in [0.25, 0.3) is 0 Å². The fourth-order valence-corrected chi connectivity index (χ4v) is 3.08. The molecule has 1 aromatic heterocycles. The number of hydrogen-bond donors (Lipinski definition) is 2. The lowest BCUT2D eigenvalue weighted by Gasteiger charge is -2.08. The summed E-state index contributed by atoms with van der Waals surface area (Å²) < 4.78 is 32.8. The van der Waals surface area contributed by atoms with E-state index in [4.69, 9.17) is 10.2 Å². The van der Waals surface area contributed by atoms with E-state index in [0.717, 1.165) is 5.69 Å². The van der Waals surface area contributed by atoms with Crippen molar-refractivity contribution in [2.24, 2.45) is 0 Å². The number of sulfonamides is 1. The first kappa shape index (κ1) is 15.0. The fourth-order valence-electron chi connectivity index (χ4n) is 1.61. The van der Waals surface area contributed by atoms with Crippen LogP contribution in [0.2, 0.25) is 0 Å². The number of nitrogens with zero attached hydrogens (tertiary/aromatic N) is 1. The van der Waals surface area contributed by atoms with Gasteiger partial charge in [-0.25, -0.2) is 18.1 Å². The van der Waals surface area contributed by atoms with Crippen LogP contribution in [0.5, 0.6) is 0 Å². The van der Waals surface area contributed by atoms with Crippen molar-refractivity contribution in [3.8, 4) is 0 Å². The second-order valence-corrected chi connectivity index (χ2v) is 6.91. The summed E-state index contributed by atoms with van der Waals surface area (Å²) in [5, 5.41) is 0. The summed E-state index contributed by atoms with van der Waals surface area (Å²) in [6.45, 7) is 3.54. The molecule has 0 atom stereocenters. The lowest BCUT2D eigenvalue weighted by molar-refractivity contribution is 0.463. The lowest BCUT2D eigenvalue weighted by atomic mass is 10.3. The fraction of sp³-hybridized carbons (Fsp3) is 0.250. The number of halogens is 1. The van der Waals surface area contributed by atoms with E-state index in [9.17, 15) is 8.42 Å². The maximum atomic E-state index is 12.2. The summed E-state index contributed by atoms with van der Waals surface area (Å²) in [5.41, 5.74) is 6.63. The van der Waals surface area contributed by atoms with Gasteiger partial charge < -0.3 is 10.2 Å². The van der Waals surface area contributed by atoms with Crippen molar-refractivity contribution in [3.63, 3.8) is 0 Å². The van der Waals surface area contributed by atoms with Crippen LogP contribution in [0.25, 0.3) is 0 Å². The molecule has 0 saturated carbocycles. The SMILES string of the molecule is Cc1nc(CNS(=O)(=O)c2ccc(Br)cc2N)oc1C. The minimum Gasteiger partial charge on any atom is -0.444 e. The molecule has 20 heavy (non-hydrogen) atoms. The molecule has 0 bridgehead atoms. The summed E-state index contributed by atoms with van der Waals surface area (Å²) >= 11 is 3.23. The van der Waals surface area contributed by atoms with Gasteiger partial charge in [-0.15, -0.1) is 0 Å². The zero-order valence-corrected chi connectivity index (χ0v) is 13.4. The largest absolute Gasteiger partial charge is 0.444 e. The molecular formula is C12H14BrN3O3S. The normalized spacial score (nSPS) is 11.8. The monoisotopic (exact) mass is 359 g/mol. The standard InChI is InChI=1S/C12H14BrN3O3S/c1-7-8(2)19-12(16-7)6-15-20(17,18)11-4-3-9(13)5-10(11)14/h3-5,15H,6,14H2,1-2H3. The van der Waals surface area contributed by atoms with Gasteiger partial charge in [0.1, 0.15) is 10.7 Å². The Bertz CT molecular complexity index is 721. The maximum Gasteiger partial charge on any atom is 0.243 e. The average Bonchev–Trinajstić information content (AvgIpc) is 2.66. The Kier molecular flexibility index (Phi) is 4.17. The number of rotatable bonds is 4. The average molecular weight is 360 g/mol. The first-order valence-corrected chi connectivity index (χ1v) is 8.05. The lowest BCUT2D eigenvalue weighted by Crippen LogP contribution is -2.24. The van der Waals surface area contributed by atoms with Crippen LogP contribution in [0.1, 0.15) is 17.3 Å². The van der Waals surface area contributed by atoms with Crippen LogP contribution in [-0.4, -0.2) is 13.4 Å². The molecule has 0 spiro atoms. The number of aromatic nitrogens is 1. The second kappa shape index (κ2) is 5.55. The topological polar surface area (TPSA) is 98.2 Å². The van der Waals surface area contributed by atoms with Crippen molar-refractivity contribution >= 4 is 31.6 Å². The quantitative estimate of drug-likeness (QED) is 0.814. The van der Waals surface area contributed by atoms with Gasteiger partial charge in [0.15, 0.2) is 0 Å². The van der Waals surface area contributed by atoms with Crippen molar-refractivity contribution < 1.29 is 12.8 Å². The molecular weight excluding hydrogens is 346 g/mol. The van der Waals surface area contributed by atoms with Crippen LogP contribution in [0.4, 0.5) is 5.69 Å². The number of oxazole rings is 1. The summed E-state index contributed by atoms with van der Waals surface area (Å²) in [4.78, 5) is 4.14. The number of aryl methyl sites for hydroxylation is 2. The van der Waals surface area contributed by atoms with Crippen molar-refractivity contribution in [1.29, 1.82) is 0 Å². The number of benzene rings is 1. The molecule has 3 N–H and O–H groups in total. The zero-order chi connectivity index (χ0) is 14.9. The van der Waals surface area contributed by atoms with Crippen LogP contribution in [0, 0.1) is 13.8 Å². The van der Waals surface area contributed by atoms with Gasteiger partial charge in [0.05, 0.1) is 17.9 Å². The molecule has 0 saturated heterocycles. The molecule has 2 aromatic rings. The van der Waals surface area contributed by atoms with Crippen LogP contribution < -0.4 is 10.5 Å². The Labute approximate surface area is 125 Å². The highest BCUT2D eigenvalue weighted by Crippen LogP contribution is 2.22. The van der Waals surface area contributed by atoms with E-state index < -0.39 is 10.0 Å². The zero-order valence-electron chi connectivity index (χ0n) is 11.0. The van der Waals surface area contributed by atoms with Gasteiger partial charge >= 0.3 is 0 Å². The van der Waals surface area contributed by atoms with Crippen molar-refractivity contribution in [3.05, 3.63) is 40.0 Å².